The van der Waals surface area contributed by atoms with Gasteiger partial charge in [-0.25, -0.2) is 0 Å². The molecule has 0 aliphatic heterocycles. The molecule has 2 atom stereocenters. The first-order chi connectivity index (χ1) is 5.19. The molecular formula is C3H12NNaO7P2. The van der Waals surface area contributed by atoms with Gasteiger partial charge in [-0.2, -0.15) is 0 Å². The van der Waals surface area contributed by atoms with Crippen molar-refractivity contribution < 1.29 is 63.7 Å². The van der Waals surface area contributed by atoms with Crippen molar-refractivity contribution in [3.05, 3.63) is 0 Å². The van der Waals surface area contributed by atoms with Crippen LogP contribution in [0.25, 0.3) is 0 Å². The molecule has 8 nitrogen and oxygen atoms in total. The van der Waals surface area contributed by atoms with E-state index in [1.807, 2.05) is 0 Å². The maximum Gasteiger partial charge on any atom is 1.00 e. The zero-order valence-electron chi connectivity index (χ0n) is 7.53. The fraction of sp³-hybridized carbons (Fsp3) is 1.00. The number of hydrogen-bond acceptors (Lipinski definition) is 4. The van der Waals surface area contributed by atoms with E-state index in [2.05, 4.69) is 0 Å². The van der Waals surface area contributed by atoms with Gasteiger partial charge in [0.15, 0.2) is 0 Å². The van der Waals surface area contributed by atoms with Crippen LogP contribution in [0.4, 0.5) is 0 Å². The van der Waals surface area contributed by atoms with E-state index >= 15 is 0 Å². The first-order valence-corrected chi connectivity index (χ1v) is 6.31. The Morgan fingerprint density at radius 3 is 1.71 bits per heavy atom. The van der Waals surface area contributed by atoms with Gasteiger partial charge in [-0.05, 0) is 13.0 Å². The van der Waals surface area contributed by atoms with Crippen LogP contribution in [-0.2, 0) is 9.13 Å². The van der Waals surface area contributed by atoms with Crippen molar-refractivity contribution in [2.75, 3.05) is 6.54 Å². The van der Waals surface area contributed by atoms with E-state index in [0.717, 1.165) is 0 Å². The zero-order chi connectivity index (χ0) is 9.99. The molecule has 0 aromatic rings. The average molecular weight is 259 g/mol. The van der Waals surface area contributed by atoms with Gasteiger partial charge in [0.1, 0.15) is 13.0 Å². The maximum atomic E-state index is 10.5. The Morgan fingerprint density at radius 1 is 1.29 bits per heavy atom. The molecular weight excluding hydrogens is 247 g/mol. The van der Waals surface area contributed by atoms with E-state index in [-0.39, 0.29) is 41.6 Å². The first-order valence-electron chi connectivity index (χ1n) is 2.98. The Kier molecular flexibility index (Phi) is 11.0. The van der Waals surface area contributed by atoms with E-state index in [9.17, 15) is 14.0 Å². The summed E-state index contributed by atoms with van der Waals surface area (Å²) in [6.45, 7) is -0.220. The zero-order valence-corrected chi connectivity index (χ0v) is 11.3. The van der Waals surface area contributed by atoms with Gasteiger partial charge in [0.05, 0.1) is 0 Å². The molecule has 0 fully saturated rings. The molecule has 0 bridgehead atoms. The quantitative estimate of drug-likeness (QED) is 0.287. The molecule has 11 heteroatoms. The Balaban J connectivity index is -0.000000605. The molecule has 0 aromatic heterocycles. The summed E-state index contributed by atoms with van der Waals surface area (Å²) in [5, 5.41) is -2.07. The van der Waals surface area contributed by atoms with Gasteiger partial charge in [0.2, 0.25) is 0 Å². The third-order valence-corrected chi connectivity index (χ3v) is 5.01. The number of hydrogen-bond donors (Lipinski definition) is 4. The molecule has 0 aliphatic rings. The minimum Gasteiger partial charge on any atom is -0.778 e. The van der Waals surface area contributed by atoms with Crippen LogP contribution in [0.15, 0.2) is 0 Å². The smallest absolute Gasteiger partial charge is 0.778 e. The van der Waals surface area contributed by atoms with Gasteiger partial charge in [0.25, 0.3) is 0 Å². The third kappa shape index (κ3) is 7.50. The molecule has 0 aliphatic carbocycles. The molecule has 0 saturated carbocycles. The summed E-state index contributed by atoms with van der Waals surface area (Å²) in [4.78, 5) is 35.7. The molecule has 0 rings (SSSR count). The molecule has 0 aromatic carbocycles. The predicted octanol–water partition coefficient (Wildman–Crippen LogP) is -5.44. The molecule has 0 radical (unpaired) electrons. The Bertz CT molecular complexity index is 213. The number of nitrogens with two attached hydrogens (primary N) is 1. The van der Waals surface area contributed by atoms with Crippen molar-refractivity contribution in [3.8, 4) is 0 Å². The minimum absolute atomic E-state index is 0. The molecule has 14 heavy (non-hydrogen) atoms. The Morgan fingerprint density at radius 2 is 1.64 bits per heavy atom. The van der Waals surface area contributed by atoms with Gasteiger partial charge in [-0.15, -0.1) is 0 Å². The van der Waals surface area contributed by atoms with E-state index in [0.29, 0.717) is 0 Å². The molecule has 0 spiro atoms. The van der Waals surface area contributed by atoms with Gasteiger partial charge in [0, 0.05) is 0 Å². The fourth-order valence-electron chi connectivity index (χ4n) is 0.670. The average Bonchev–Trinajstić information content (AvgIpc) is 1.77. The van der Waals surface area contributed by atoms with Gasteiger partial charge in [-0.3, -0.25) is 4.57 Å². The predicted molar refractivity (Wildman–Crippen MR) is 42.9 cm³/mol. The Hall–Kier alpha value is 1.22. The summed E-state index contributed by atoms with van der Waals surface area (Å²) >= 11 is 0. The van der Waals surface area contributed by atoms with Gasteiger partial charge < -0.3 is 35.3 Å². The van der Waals surface area contributed by atoms with Crippen LogP contribution in [0, 0.1) is 0 Å². The van der Waals surface area contributed by atoms with E-state index in [1.165, 1.54) is 0 Å². The molecule has 2 unspecified atom stereocenters. The molecule has 7 N–H and O–H groups in total. The van der Waals surface area contributed by atoms with Crippen molar-refractivity contribution >= 4 is 15.2 Å². The second-order valence-corrected chi connectivity index (χ2v) is 6.17. The van der Waals surface area contributed by atoms with E-state index < -0.39 is 27.0 Å². The van der Waals surface area contributed by atoms with E-state index in [4.69, 9.17) is 20.4 Å². The van der Waals surface area contributed by atoms with Crippen LogP contribution >= 0.6 is 15.2 Å². The monoisotopic (exact) mass is 259 g/mol. The SMILES string of the molecule is NCCC(P(=O)([O-])O)P(=O)(O)O.O.[Na+]. The largest absolute Gasteiger partial charge is 1.00 e. The van der Waals surface area contributed by atoms with Crippen molar-refractivity contribution in [2.24, 2.45) is 5.73 Å². The van der Waals surface area contributed by atoms with Crippen LogP contribution < -0.4 is 40.2 Å². The maximum absolute atomic E-state index is 10.5. The van der Waals surface area contributed by atoms with Crippen LogP contribution in [0.5, 0.6) is 0 Å². The standard InChI is InChI=1S/C3H11NO6P2.Na.H2O/c4-2-1-3(11(5,6)7)12(8,9)10;;/h3H,1-2,4H2,(H2,5,6,7)(H2,8,9,10);;1H2/q;+1;/p-1. The van der Waals surface area contributed by atoms with Crippen LogP contribution in [-0.4, -0.2) is 32.1 Å². The minimum atomic E-state index is -5.01. The summed E-state index contributed by atoms with van der Waals surface area (Å²) in [5.41, 5.74) is 4.91. The second-order valence-electron chi connectivity index (χ2n) is 2.21. The van der Waals surface area contributed by atoms with Crippen molar-refractivity contribution in [2.45, 2.75) is 11.8 Å². The fourth-order valence-corrected chi connectivity index (χ4v) is 3.15. The van der Waals surface area contributed by atoms with Gasteiger partial charge in [-0.1, -0.05) is 0 Å². The summed E-state index contributed by atoms with van der Waals surface area (Å²) < 4.78 is 20.9. The van der Waals surface area contributed by atoms with Crippen LogP contribution in [0.3, 0.4) is 0 Å². The summed E-state index contributed by atoms with van der Waals surface area (Å²) in [7, 11) is -9.83. The van der Waals surface area contributed by atoms with Crippen LogP contribution in [0.2, 0.25) is 0 Å². The number of rotatable bonds is 4. The second kappa shape index (κ2) is 7.49. The van der Waals surface area contributed by atoms with Crippen molar-refractivity contribution in [1.82, 2.24) is 0 Å². The van der Waals surface area contributed by atoms with Crippen molar-refractivity contribution in [3.63, 3.8) is 0 Å². The first kappa shape index (κ1) is 20.6. The van der Waals surface area contributed by atoms with Crippen molar-refractivity contribution in [1.29, 1.82) is 0 Å². The van der Waals surface area contributed by atoms with E-state index in [1.54, 1.807) is 0 Å². The summed E-state index contributed by atoms with van der Waals surface area (Å²) in [6.07, 6.45) is -0.457. The molecule has 82 valence electrons. The normalized spacial score (nSPS) is 17.2. The van der Waals surface area contributed by atoms with Crippen LogP contribution in [0.1, 0.15) is 6.42 Å². The molecule has 0 amide bonds. The summed E-state index contributed by atoms with van der Waals surface area (Å²) in [5.74, 6) is 0. The summed E-state index contributed by atoms with van der Waals surface area (Å²) in [6, 6.07) is 0. The molecule has 0 heterocycles. The topological polar surface area (TPSA) is 175 Å². The van der Waals surface area contributed by atoms with Gasteiger partial charge >= 0.3 is 37.2 Å². The third-order valence-electron chi connectivity index (χ3n) is 1.19. The molecule has 0 saturated heterocycles. The Labute approximate surface area is 103 Å².